The maximum atomic E-state index is 11.3. The molecule has 0 aromatic heterocycles. The summed E-state index contributed by atoms with van der Waals surface area (Å²) >= 11 is 0. The third kappa shape index (κ3) is 6.86. The molecule has 4 nitrogen and oxygen atoms in total. The second-order valence-corrected chi connectivity index (χ2v) is 4.36. The molecule has 4 heteroatoms. The molecule has 0 aromatic rings. The van der Waals surface area contributed by atoms with Crippen LogP contribution in [-0.4, -0.2) is 29.3 Å². The summed E-state index contributed by atoms with van der Waals surface area (Å²) in [5.41, 5.74) is 5.13. The maximum Gasteiger partial charge on any atom is 0.323 e. The molecule has 0 spiro atoms. The minimum atomic E-state index is -0.569. The lowest BCUT2D eigenvalue weighted by atomic mass is 10.1. The van der Waals surface area contributed by atoms with E-state index in [-0.39, 0.29) is 12.6 Å². The summed E-state index contributed by atoms with van der Waals surface area (Å²) in [5.74, 6) is -0.365. The van der Waals surface area contributed by atoms with Gasteiger partial charge in [-0.25, -0.2) is 0 Å². The van der Waals surface area contributed by atoms with Gasteiger partial charge in [0, 0.05) is 6.61 Å². The van der Waals surface area contributed by atoms with E-state index in [2.05, 4.69) is 0 Å². The molecule has 0 saturated heterocycles. The Kier molecular flexibility index (Phi) is 5.72. The van der Waals surface area contributed by atoms with Gasteiger partial charge in [-0.2, -0.15) is 0 Å². The molecule has 0 aliphatic carbocycles. The fourth-order valence-electron chi connectivity index (χ4n) is 0.971. The number of unbranched alkanes of at least 4 members (excludes halogenated alkanes) is 1. The van der Waals surface area contributed by atoms with E-state index in [1.54, 1.807) is 0 Å². The highest BCUT2D eigenvalue weighted by atomic mass is 16.6. The first-order chi connectivity index (χ1) is 6.37. The van der Waals surface area contributed by atoms with Crippen LogP contribution in [0.3, 0.4) is 0 Å². The summed E-state index contributed by atoms with van der Waals surface area (Å²) in [7, 11) is 0. The molecule has 0 aliphatic rings. The predicted molar refractivity (Wildman–Crippen MR) is 54.8 cm³/mol. The molecule has 1 unspecified atom stereocenters. The Morgan fingerprint density at radius 1 is 1.43 bits per heavy atom. The van der Waals surface area contributed by atoms with Gasteiger partial charge in [0.15, 0.2) is 0 Å². The number of hydrogen-bond donors (Lipinski definition) is 2. The van der Waals surface area contributed by atoms with Gasteiger partial charge in [0.05, 0.1) is 0 Å². The van der Waals surface area contributed by atoms with Crippen molar-refractivity contribution in [3.05, 3.63) is 0 Å². The van der Waals surface area contributed by atoms with Gasteiger partial charge >= 0.3 is 5.97 Å². The Morgan fingerprint density at radius 2 is 2.00 bits per heavy atom. The second-order valence-electron chi connectivity index (χ2n) is 4.36. The maximum absolute atomic E-state index is 11.3. The van der Waals surface area contributed by atoms with Crippen LogP contribution in [0.2, 0.25) is 0 Å². The average molecular weight is 203 g/mol. The molecule has 0 aromatic carbocycles. The molecule has 14 heavy (non-hydrogen) atoms. The van der Waals surface area contributed by atoms with Crippen molar-refractivity contribution >= 4 is 5.97 Å². The van der Waals surface area contributed by atoms with Crippen molar-refractivity contribution in [3.63, 3.8) is 0 Å². The monoisotopic (exact) mass is 203 g/mol. The molecule has 0 saturated carbocycles. The normalized spacial score (nSPS) is 13.8. The minimum absolute atomic E-state index is 0.140. The van der Waals surface area contributed by atoms with Crippen LogP contribution in [0, 0.1) is 0 Å². The summed E-state index contributed by atoms with van der Waals surface area (Å²) in [6, 6.07) is -0.569. The quantitative estimate of drug-likeness (QED) is 0.512. The lowest BCUT2D eigenvalue weighted by Gasteiger charge is -2.22. The fraction of sp³-hybridized carbons (Fsp3) is 0.900. The molecule has 0 heterocycles. The number of carbonyl (C=O) groups is 1. The van der Waals surface area contributed by atoms with Crippen LogP contribution >= 0.6 is 0 Å². The summed E-state index contributed by atoms with van der Waals surface area (Å²) in [4.78, 5) is 11.3. The number of aliphatic hydroxyl groups excluding tert-OH is 1. The van der Waals surface area contributed by atoms with Crippen LogP contribution in [0.25, 0.3) is 0 Å². The summed E-state index contributed by atoms with van der Waals surface area (Å²) < 4.78 is 5.10. The highest BCUT2D eigenvalue weighted by molar-refractivity contribution is 5.75. The van der Waals surface area contributed by atoms with Gasteiger partial charge in [-0.05, 0) is 40.0 Å². The largest absolute Gasteiger partial charge is 0.459 e. The zero-order chi connectivity index (χ0) is 11.2. The zero-order valence-corrected chi connectivity index (χ0v) is 9.25. The van der Waals surface area contributed by atoms with Gasteiger partial charge in [-0.3, -0.25) is 4.79 Å². The van der Waals surface area contributed by atoms with Crippen molar-refractivity contribution in [1.29, 1.82) is 0 Å². The smallest absolute Gasteiger partial charge is 0.323 e. The van der Waals surface area contributed by atoms with E-state index in [0.29, 0.717) is 12.8 Å². The van der Waals surface area contributed by atoms with E-state index >= 15 is 0 Å². The van der Waals surface area contributed by atoms with Crippen molar-refractivity contribution < 1.29 is 14.6 Å². The number of aliphatic hydroxyl groups is 1. The second kappa shape index (κ2) is 5.98. The van der Waals surface area contributed by atoms with Gasteiger partial charge < -0.3 is 15.6 Å². The van der Waals surface area contributed by atoms with Crippen LogP contribution in [-0.2, 0) is 9.53 Å². The van der Waals surface area contributed by atoms with E-state index in [1.165, 1.54) is 0 Å². The van der Waals surface area contributed by atoms with Gasteiger partial charge in [0.1, 0.15) is 11.6 Å². The molecule has 0 aliphatic heterocycles. The molecular formula is C10H21NO3. The lowest BCUT2D eigenvalue weighted by molar-refractivity contribution is -0.156. The SMILES string of the molecule is CC(C)(C)OC(=O)C(N)CCCCO. The van der Waals surface area contributed by atoms with Crippen molar-refractivity contribution in [2.75, 3.05) is 6.61 Å². The van der Waals surface area contributed by atoms with Crippen molar-refractivity contribution in [2.24, 2.45) is 5.73 Å². The Balaban J connectivity index is 3.77. The molecule has 0 amide bonds. The Hall–Kier alpha value is -0.610. The Morgan fingerprint density at radius 3 is 2.43 bits per heavy atom. The average Bonchev–Trinajstić information content (AvgIpc) is 2.01. The van der Waals surface area contributed by atoms with E-state index < -0.39 is 11.6 Å². The number of nitrogens with two attached hydrogens (primary N) is 1. The molecule has 1 atom stereocenters. The fourth-order valence-corrected chi connectivity index (χ4v) is 0.971. The first kappa shape index (κ1) is 13.4. The first-order valence-electron chi connectivity index (χ1n) is 4.96. The third-order valence-corrected chi connectivity index (χ3v) is 1.63. The minimum Gasteiger partial charge on any atom is -0.459 e. The Labute approximate surface area is 85.4 Å². The van der Waals surface area contributed by atoms with Gasteiger partial charge in [0.2, 0.25) is 0 Å². The van der Waals surface area contributed by atoms with Gasteiger partial charge in [-0.15, -0.1) is 0 Å². The molecule has 0 fully saturated rings. The van der Waals surface area contributed by atoms with E-state index in [1.807, 2.05) is 20.8 Å². The number of hydrogen-bond acceptors (Lipinski definition) is 4. The highest BCUT2D eigenvalue weighted by Gasteiger charge is 2.21. The lowest BCUT2D eigenvalue weighted by Crippen LogP contribution is -2.37. The van der Waals surface area contributed by atoms with Gasteiger partial charge in [-0.1, -0.05) is 0 Å². The van der Waals surface area contributed by atoms with Crippen LogP contribution in [0.5, 0.6) is 0 Å². The van der Waals surface area contributed by atoms with Gasteiger partial charge in [0.25, 0.3) is 0 Å². The molecule has 3 N–H and O–H groups in total. The molecule has 0 rings (SSSR count). The summed E-state index contributed by atoms with van der Waals surface area (Å²) in [6.45, 7) is 5.57. The number of carbonyl (C=O) groups excluding carboxylic acids is 1. The topological polar surface area (TPSA) is 72.5 Å². The van der Waals surface area contributed by atoms with Crippen LogP contribution in [0.15, 0.2) is 0 Å². The van der Waals surface area contributed by atoms with Crippen molar-refractivity contribution in [3.8, 4) is 0 Å². The molecular weight excluding hydrogens is 182 g/mol. The van der Waals surface area contributed by atoms with Crippen LogP contribution < -0.4 is 5.73 Å². The van der Waals surface area contributed by atoms with E-state index in [4.69, 9.17) is 15.6 Å². The Bertz CT molecular complexity index is 175. The summed E-state index contributed by atoms with van der Waals surface area (Å²) in [5, 5.41) is 8.55. The highest BCUT2D eigenvalue weighted by Crippen LogP contribution is 2.09. The van der Waals surface area contributed by atoms with Crippen molar-refractivity contribution in [1.82, 2.24) is 0 Å². The molecule has 0 bridgehead atoms. The predicted octanol–water partition coefficient (Wildman–Crippen LogP) is 0.818. The standard InChI is InChI=1S/C10H21NO3/c1-10(2,3)14-9(13)8(11)6-4-5-7-12/h8,12H,4-7,11H2,1-3H3. The first-order valence-corrected chi connectivity index (χ1v) is 4.96. The van der Waals surface area contributed by atoms with Crippen LogP contribution in [0.1, 0.15) is 40.0 Å². The third-order valence-electron chi connectivity index (χ3n) is 1.63. The number of ether oxygens (including phenoxy) is 1. The van der Waals surface area contributed by atoms with E-state index in [0.717, 1.165) is 6.42 Å². The summed E-state index contributed by atoms with van der Waals surface area (Å²) in [6.07, 6.45) is 1.99. The molecule has 84 valence electrons. The van der Waals surface area contributed by atoms with Crippen LogP contribution in [0.4, 0.5) is 0 Å². The van der Waals surface area contributed by atoms with Crippen molar-refractivity contribution in [2.45, 2.75) is 51.7 Å². The number of rotatable bonds is 5. The number of esters is 1. The zero-order valence-electron chi connectivity index (χ0n) is 9.25. The van der Waals surface area contributed by atoms with E-state index in [9.17, 15) is 4.79 Å². The molecule has 0 radical (unpaired) electrons.